The topological polar surface area (TPSA) is 90.7 Å². The van der Waals surface area contributed by atoms with Gasteiger partial charge in [0.25, 0.3) is 11.8 Å². The standard InChI is InChI=1S/C19H20N2O4S/c1-10-6-7-11-15(8-10)26-19(16(11)17(20)22)21-18(23)14-9-24-12-4-2-3-5-13(12)25-14/h2-5,10,14H,6-9H2,1H3,(H2,20,22)(H,21,23)/t10-,14-/m0/s1. The Labute approximate surface area is 155 Å². The third kappa shape index (κ3) is 3.03. The Hall–Kier alpha value is -2.54. The number of thiophene rings is 1. The fourth-order valence-electron chi connectivity index (χ4n) is 3.44. The van der Waals surface area contributed by atoms with Gasteiger partial charge in [0.05, 0.1) is 5.56 Å². The minimum Gasteiger partial charge on any atom is -0.485 e. The largest absolute Gasteiger partial charge is 0.485 e. The molecule has 7 heteroatoms. The number of nitrogens with one attached hydrogen (secondary N) is 1. The molecule has 136 valence electrons. The summed E-state index contributed by atoms with van der Waals surface area (Å²) in [5.74, 6) is 0.882. The van der Waals surface area contributed by atoms with Gasteiger partial charge in [0.2, 0.25) is 6.10 Å². The minimum atomic E-state index is -0.774. The number of hydrogen-bond acceptors (Lipinski definition) is 5. The highest BCUT2D eigenvalue weighted by atomic mass is 32.1. The lowest BCUT2D eigenvalue weighted by Gasteiger charge is -2.25. The Morgan fingerprint density at radius 2 is 2.04 bits per heavy atom. The van der Waals surface area contributed by atoms with E-state index in [-0.39, 0.29) is 12.5 Å². The lowest BCUT2D eigenvalue weighted by atomic mass is 9.88. The van der Waals surface area contributed by atoms with Gasteiger partial charge in [-0.3, -0.25) is 9.59 Å². The summed E-state index contributed by atoms with van der Waals surface area (Å²) in [7, 11) is 0. The molecular weight excluding hydrogens is 352 g/mol. The van der Waals surface area contributed by atoms with E-state index in [1.54, 1.807) is 12.1 Å². The van der Waals surface area contributed by atoms with Crippen LogP contribution < -0.4 is 20.5 Å². The molecule has 1 aromatic carbocycles. The second-order valence-corrected chi connectivity index (χ2v) is 7.88. The number of anilines is 1. The predicted octanol–water partition coefficient (Wildman–Crippen LogP) is 2.75. The molecule has 1 aliphatic carbocycles. The van der Waals surface area contributed by atoms with Crippen LogP contribution >= 0.6 is 11.3 Å². The van der Waals surface area contributed by atoms with Crippen molar-refractivity contribution in [2.45, 2.75) is 32.3 Å². The molecule has 2 aromatic rings. The summed E-state index contributed by atoms with van der Waals surface area (Å²) in [5.41, 5.74) is 7.03. The molecule has 26 heavy (non-hydrogen) atoms. The average molecular weight is 372 g/mol. The van der Waals surface area contributed by atoms with Crippen molar-refractivity contribution in [1.29, 1.82) is 0 Å². The summed E-state index contributed by atoms with van der Waals surface area (Å²) in [6.45, 7) is 2.31. The molecule has 2 aliphatic rings. The summed E-state index contributed by atoms with van der Waals surface area (Å²) in [6, 6.07) is 7.22. The highest BCUT2D eigenvalue weighted by molar-refractivity contribution is 7.17. The van der Waals surface area contributed by atoms with E-state index in [2.05, 4.69) is 12.2 Å². The van der Waals surface area contributed by atoms with E-state index in [0.717, 1.165) is 29.7 Å². The molecule has 1 aromatic heterocycles. The van der Waals surface area contributed by atoms with Crippen molar-refractivity contribution < 1.29 is 19.1 Å². The number of carbonyl (C=O) groups is 2. The lowest BCUT2D eigenvalue weighted by molar-refractivity contribution is -0.125. The number of amides is 2. The maximum absolute atomic E-state index is 12.7. The Kier molecular flexibility index (Phi) is 4.32. The number of benzene rings is 1. The zero-order valence-corrected chi connectivity index (χ0v) is 15.2. The van der Waals surface area contributed by atoms with Crippen molar-refractivity contribution >= 4 is 28.2 Å². The van der Waals surface area contributed by atoms with Gasteiger partial charge in [-0.25, -0.2) is 0 Å². The van der Waals surface area contributed by atoms with Crippen LogP contribution in [0.2, 0.25) is 0 Å². The third-order valence-electron chi connectivity index (χ3n) is 4.80. The first kappa shape index (κ1) is 16.9. The first-order valence-corrected chi connectivity index (χ1v) is 9.48. The van der Waals surface area contributed by atoms with Crippen molar-refractivity contribution in [2.75, 3.05) is 11.9 Å². The number of hydrogen-bond donors (Lipinski definition) is 2. The number of carbonyl (C=O) groups excluding carboxylic acids is 2. The van der Waals surface area contributed by atoms with Gasteiger partial charge in [0.15, 0.2) is 11.5 Å². The minimum absolute atomic E-state index is 0.122. The van der Waals surface area contributed by atoms with Crippen LogP contribution in [0.15, 0.2) is 24.3 Å². The first-order valence-electron chi connectivity index (χ1n) is 8.66. The van der Waals surface area contributed by atoms with Crippen LogP contribution in [-0.2, 0) is 17.6 Å². The molecule has 0 unspecified atom stereocenters. The second-order valence-electron chi connectivity index (χ2n) is 6.77. The maximum atomic E-state index is 12.7. The molecule has 2 atom stereocenters. The van der Waals surface area contributed by atoms with E-state index < -0.39 is 12.0 Å². The van der Waals surface area contributed by atoms with Gasteiger partial charge in [-0.2, -0.15) is 0 Å². The highest BCUT2D eigenvalue weighted by Crippen LogP contribution is 2.39. The lowest BCUT2D eigenvalue weighted by Crippen LogP contribution is -2.40. The van der Waals surface area contributed by atoms with E-state index in [1.807, 2.05) is 12.1 Å². The third-order valence-corrected chi connectivity index (χ3v) is 5.97. The van der Waals surface area contributed by atoms with Crippen molar-refractivity contribution in [3.05, 3.63) is 40.3 Å². The van der Waals surface area contributed by atoms with Gasteiger partial charge in [-0.15, -0.1) is 11.3 Å². The van der Waals surface area contributed by atoms with Crippen molar-refractivity contribution in [1.82, 2.24) is 0 Å². The SMILES string of the molecule is C[C@H]1CCc2c(sc(NC(=O)[C@@H]3COc4ccccc4O3)c2C(N)=O)C1. The van der Waals surface area contributed by atoms with Gasteiger partial charge in [0, 0.05) is 4.88 Å². The molecule has 1 aliphatic heterocycles. The zero-order valence-electron chi connectivity index (χ0n) is 14.4. The first-order chi connectivity index (χ1) is 12.5. The summed E-state index contributed by atoms with van der Waals surface area (Å²) >= 11 is 1.44. The monoisotopic (exact) mass is 372 g/mol. The number of para-hydroxylation sites is 2. The molecule has 6 nitrogen and oxygen atoms in total. The number of ether oxygens (including phenoxy) is 2. The Bertz CT molecular complexity index is 876. The summed E-state index contributed by atoms with van der Waals surface area (Å²) in [4.78, 5) is 25.8. The van der Waals surface area contributed by atoms with E-state index >= 15 is 0 Å². The fraction of sp³-hybridized carbons (Fsp3) is 0.368. The fourth-order valence-corrected chi connectivity index (χ4v) is 4.86. The molecule has 0 saturated carbocycles. The van der Waals surface area contributed by atoms with E-state index in [1.165, 1.54) is 11.3 Å². The van der Waals surface area contributed by atoms with E-state index in [9.17, 15) is 9.59 Å². The smallest absolute Gasteiger partial charge is 0.269 e. The van der Waals surface area contributed by atoms with Gasteiger partial charge in [-0.05, 0) is 42.9 Å². The van der Waals surface area contributed by atoms with Crippen LogP contribution in [0.4, 0.5) is 5.00 Å². The number of primary amides is 1. The molecule has 3 N–H and O–H groups in total. The molecular formula is C19H20N2O4S. The summed E-state index contributed by atoms with van der Waals surface area (Å²) in [5, 5.41) is 3.36. The zero-order chi connectivity index (χ0) is 18.3. The molecule has 0 fully saturated rings. The van der Waals surface area contributed by atoms with Crippen LogP contribution in [0.5, 0.6) is 11.5 Å². The summed E-state index contributed by atoms with van der Waals surface area (Å²) in [6.07, 6.45) is 1.97. The summed E-state index contributed by atoms with van der Waals surface area (Å²) < 4.78 is 11.3. The molecule has 2 heterocycles. The van der Waals surface area contributed by atoms with Gasteiger partial charge >= 0.3 is 0 Å². The van der Waals surface area contributed by atoms with Crippen LogP contribution in [0.3, 0.4) is 0 Å². The molecule has 0 bridgehead atoms. The predicted molar refractivity (Wildman–Crippen MR) is 99.0 cm³/mol. The van der Waals surface area contributed by atoms with Crippen molar-refractivity contribution in [3.8, 4) is 11.5 Å². The van der Waals surface area contributed by atoms with Crippen molar-refractivity contribution in [3.63, 3.8) is 0 Å². The maximum Gasteiger partial charge on any atom is 0.269 e. The normalized spacial score (nSPS) is 21.0. The van der Waals surface area contributed by atoms with Crippen LogP contribution in [-0.4, -0.2) is 24.5 Å². The molecule has 4 rings (SSSR count). The second kappa shape index (κ2) is 6.64. The van der Waals surface area contributed by atoms with Crippen molar-refractivity contribution in [2.24, 2.45) is 11.7 Å². The number of nitrogens with two attached hydrogens (primary N) is 1. The highest BCUT2D eigenvalue weighted by Gasteiger charge is 2.31. The van der Waals surface area contributed by atoms with Gasteiger partial charge < -0.3 is 20.5 Å². The van der Waals surface area contributed by atoms with E-state index in [0.29, 0.717) is 28.0 Å². The molecule has 0 saturated heterocycles. The average Bonchev–Trinajstić information content (AvgIpc) is 2.98. The van der Waals surface area contributed by atoms with Crippen LogP contribution in [0.1, 0.15) is 34.1 Å². The van der Waals surface area contributed by atoms with E-state index in [4.69, 9.17) is 15.2 Å². The Morgan fingerprint density at radius 1 is 1.27 bits per heavy atom. The molecule has 0 spiro atoms. The Balaban J connectivity index is 1.56. The molecule has 0 radical (unpaired) electrons. The number of fused-ring (bicyclic) bond motifs is 2. The van der Waals surface area contributed by atoms with Crippen LogP contribution in [0, 0.1) is 5.92 Å². The quantitative estimate of drug-likeness (QED) is 0.867. The number of rotatable bonds is 3. The van der Waals surface area contributed by atoms with Gasteiger partial charge in [-0.1, -0.05) is 19.1 Å². The Morgan fingerprint density at radius 3 is 2.81 bits per heavy atom. The van der Waals surface area contributed by atoms with Gasteiger partial charge in [0.1, 0.15) is 11.6 Å². The molecule has 2 amide bonds. The van der Waals surface area contributed by atoms with Crippen LogP contribution in [0.25, 0.3) is 0 Å².